The molecule has 0 saturated carbocycles. The zero-order valence-corrected chi connectivity index (χ0v) is 12.4. The maximum Gasteiger partial charge on any atom is 0.407 e. The van der Waals surface area contributed by atoms with E-state index >= 15 is 0 Å². The van der Waals surface area contributed by atoms with Crippen molar-refractivity contribution < 1.29 is 9.53 Å². The van der Waals surface area contributed by atoms with Crippen LogP contribution in [-0.2, 0) is 11.3 Å². The third kappa shape index (κ3) is 3.70. The minimum absolute atomic E-state index is 0.174. The lowest BCUT2D eigenvalue weighted by Crippen LogP contribution is -2.40. The molecule has 4 heteroatoms. The Kier molecular flexibility index (Phi) is 3.93. The van der Waals surface area contributed by atoms with Crippen LogP contribution in [0, 0.1) is 6.92 Å². The first-order valence-electron chi connectivity index (χ1n) is 6.65. The van der Waals surface area contributed by atoms with Gasteiger partial charge in [-0.15, -0.1) is 0 Å². The van der Waals surface area contributed by atoms with Crippen molar-refractivity contribution in [2.45, 2.75) is 39.8 Å². The number of amides is 1. The molecule has 2 rings (SSSR count). The highest BCUT2D eigenvalue weighted by molar-refractivity contribution is 5.84. The zero-order valence-electron chi connectivity index (χ0n) is 12.4. The van der Waals surface area contributed by atoms with Crippen molar-refractivity contribution in [1.82, 2.24) is 10.3 Å². The molecule has 0 fully saturated rings. The van der Waals surface area contributed by atoms with Gasteiger partial charge in [-0.25, -0.2) is 4.79 Å². The van der Waals surface area contributed by atoms with Crippen molar-refractivity contribution in [2.24, 2.45) is 0 Å². The predicted molar refractivity (Wildman–Crippen MR) is 79.6 cm³/mol. The van der Waals surface area contributed by atoms with Gasteiger partial charge in [0.1, 0.15) is 6.61 Å². The number of pyridine rings is 1. The minimum atomic E-state index is -0.426. The fourth-order valence-electron chi connectivity index (χ4n) is 2.00. The van der Waals surface area contributed by atoms with Gasteiger partial charge in [0, 0.05) is 16.6 Å². The number of nitrogens with zero attached hydrogens (tertiary/aromatic N) is 1. The van der Waals surface area contributed by atoms with Gasteiger partial charge < -0.3 is 10.1 Å². The third-order valence-electron chi connectivity index (χ3n) is 2.81. The summed E-state index contributed by atoms with van der Waals surface area (Å²) in [7, 11) is 0. The molecule has 20 heavy (non-hydrogen) atoms. The summed E-state index contributed by atoms with van der Waals surface area (Å²) in [6.07, 6.45) is -0.426. The summed E-state index contributed by atoms with van der Waals surface area (Å²) in [6, 6.07) is 9.99. The smallest absolute Gasteiger partial charge is 0.407 e. The van der Waals surface area contributed by atoms with Crippen molar-refractivity contribution in [2.75, 3.05) is 0 Å². The molecule has 106 valence electrons. The first-order valence-corrected chi connectivity index (χ1v) is 6.65. The molecule has 0 saturated heterocycles. The molecule has 0 radical (unpaired) electrons. The number of carbonyl (C=O) groups excluding carboxylic acids is 1. The van der Waals surface area contributed by atoms with Gasteiger partial charge in [0.05, 0.1) is 5.69 Å². The lowest BCUT2D eigenvalue weighted by atomic mass is 10.1. The molecular weight excluding hydrogens is 252 g/mol. The summed E-state index contributed by atoms with van der Waals surface area (Å²) in [4.78, 5) is 16.1. The van der Waals surface area contributed by atoms with Crippen LogP contribution in [0.25, 0.3) is 10.8 Å². The number of carbonyl (C=O) groups is 1. The summed E-state index contributed by atoms with van der Waals surface area (Å²) in [6.45, 7) is 7.86. The molecule has 1 aromatic heterocycles. The Labute approximate surface area is 119 Å². The Balaban J connectivity index is 2.09. The number of alkyl carbamates (subject to hydrolysis) is 1. The molecular formula is C16H20N2O2. The van der Waals surface area contributed by atoms with Gasteiger partial charge in [0.2, 0.25) is 0 Å². The van der Waals surface area contributed by atoms with Crippen molar-refractivity contribution in [3.63, 3.8) is 0 Å². The molecule has 1 heterocycles. The molecule has 0 unspecified atom stereocenters. The number of benzene rings is 1. The highest BCUT2D eigenvalue weighted by Crippen LogP contribution is 2.18. The van der Waals surface area contributed by atoms with Crippen LogP contribution >= 0.6 is 0 Å². The predicted octanol–water partition coefficient (Wildman–Crippen LogP) is 3.57. The molecule has 0 bridgehead atoms. The number of ether oxygens (including phenoxy) is 1. The van der Waals surface area contributed by atoms with Crippen LogP contribution in [0.2, 0.25) is 0 Å². The molecule has 0 aliphatic carbocycles. The van der Waals surface area contributed by atoms with Gasteiger partial charge in [0.25, 0.3) is 0 Å². The van der Waals surface area contributed by atoms with E-state index in [1.807, 2.05) is 58.0 Å². The van der Waals surface area contributed by atoms with E-state index in [2.05, 4.69) is 10.3 Å². The molecule has 0 spiro atoms. The topological polar surface area (TPSA) is 51.2 Å². The van der Waals surface area contributed by atoms with Gasteiger partial charge in [-0.2, -0.15) is 0 Å². The molecule has 2 aromatic rings. The van der Waals surface area contributed by atoms with Crippen molar-refractivity contribution in [3.8, 4) is 0 Å². The fourth-order valence-corrected chi connectivity index (χ4v) is 2.00. The van der Waals surface area contributed by atoms with Gasteiger partial charge in [-0.05, 0) is 39.1 Å². The highest BCUT2D eigenvalue weighted by atomic mass is 16.5. The van der Waals surface area contributed by atoms with Crippen LogP contribution in [0.15, 0.2) is 30.3 Å². The van der Waals surface area contributed by atoms with Crippen LogP contribution in [0.5, 0.6) is 0 Å². The normalized spacial score (nSPS) is 11.4. The Morgan fingerprint density at radius 1 is 1.30 bits per heavy atom. The summed E-state index contributed by atoms with van der Waals surface area (Å²) in [5.74, 6) is 0. The molecule has 4 nitrogen and oxygen atoms in total. The maximum atomic E-state index is 11.6. The first kappa shape index (κ1) is 14.3. The van der Waals surface area contributed by atoms with Crippen molar-refractivity contribution >= 4 is 16.9 Å². The number of rotatable bonds is 2. The molecule has 1 aromatic carbocycles. The second-order valence-corrected chi connectivity index (χ2v) is 5.87. The number of hydrogen-bond acceptors (Lipinski definition) is 3. The second kappa shape index (κ2) is 5.49. The van der Waals surface area contributed by atoms with E-state index in [-0.39, 0.29) is 12.1 Å². The summed E-state index contributed by atoms with van der Waals surface area (Å²) < 4.78 is 5.20. The summed E-state index contributed by atoms with van der Waals surface area (Å²) >= 11 is 0. The molecule has 0 aliphatic heterocycles. The van der Waals surface area contributed by atoms with Crippen LogP contribution in [-0.4, -0.2) is 16.6 Å². The number of aromatic nitrogens is 1. The monoisotopic (exact) mass is 272 g/mol. The second-order valence-electron chi connectivity index (χ2n) is 5.87. The Bertz CT molecular complexity index is 630. The van der Waals surface area contributed by atoms with Gasteiger partial charge >= 0.3 is 6.09 Å². The standard InChI is InChI=1S/C16H20N2O2/c1-11-14-8-6-5-7-12(14)9-13(17-11)10-20-15(19)18-16(2,3)4/h5-9H,10H2,1-4H3,(H,18,19). The van der Waals surface area contributed by atoms with Crippen LogP contribution < -0.4 is 5.32 Å². The highest BCUT2D eigenvalue weighted by Gasteiger charge is 2.14. The van der Waals surface area contributed by atoms with E-state index in [0.717, 1.165) is 22.2 Å². The van der Waals surface area contributed by atoms with Gasteiger partial charge in [-0.1, -0.05) is 24.3 Å². The fraction of sp³-hybridized carbons (Fsp3) is 0.375. The lowest BCUT2D eigenvalue weighted by Gasteiger charge is -2.19. The largest absolute Gasteiger partial charge is 0.443 e. The molecule has 1 amide bonds. The third-order valence-corrected chi connectivity index (χ3v) is 2.81. The van der Waals surface area contributed by atoms with Crippen LogP contribution in [0.3, 0.4) is 0 Å². The van der Waals surface area contributed by atoms with E-state index in [1.165, 1.54) is 0 Å². The first-order chi connectivity index (χ1) is 9.35. The number of hydrogen-bond donors (Lipinski definition) is 1. The molecule has 1 N–H and O–H groups in total. The van der Waals surface area contributed by atoms with E-state index in [4.69, 9.17) is 4.74 Å². The maximum absolute atomic E-state index is 11.6. The minimum Gasteiger partial charge on any atom is -0.443 e. The Hall–Kier alpha value is -2.10. The quantitative estimate of drug-likeness (QED) is 0.909. The Morgan fingerprint density at radius 2 is 2.00 bits per heavy atom. The number of fused-ring (bicyclic) bond motifs is 1. The van der Waals surface area contributed by atoms with E-state index in [1.54, 1.807) is 0 Å². The van der Waals surface area contributed by atoms with Gasteiger partial charge in [0.15, 0.2) is 0 Å². The average molecular weight is 272 g/mol. The zero-order chi connectivity index (χ0) is 14.8. The van der Waals surface area contributed by atoms with Crippen LogP contribution in [0.4, 0.5) is 4.79 Å². The summed E-state index contributed by atoms with van der Waals surface area (Å²) in [5, 5.41) is 4.98. The number of nitrogens with one attached hydrogen (secondary N) is 1. The summed E-state index contributed by atoms with van der Waals surface area (Å²) in [5.41, 5.74) is 1.40. The van der Waals surface area contributed by atoms with E-state index in [0.29, 0.717) is 0 Å². The Morgan fingerprint density at radius 3 is 2.70 bits per heavy atom. The van der Waals surface area contributed by atoms with E-state index in [9.17, 15) is 4.79 Å². The van der Waals surface area contributed by atoms with E-state index < -0.39 is 6.09 Å². The lowest BCUT2D eigenvalue weighted by molar-refractivity contribution is 0.130. The van der Waals surface area contributed by atoms with Crippen molar-refractivity contribution in [3.05, 3.63) is 41.7 Å². The molecule has 0 aliphatic rings. The average Bonchev–Trinajstić information content (AvgIpc) is 2.34. The van der Waals surface area contributed by atoms with Crippen LogP contribution in [0.1, 0.15) is 32.2 Å². The van der Waals surface area contributed by atoms with Gasteiger partial charge in [-0.3, -0.25) is 4.98 Å². The number of aryl methyl sites for hydroxylation is 1. The molecule has 0 atom stereocenters. The van der Waals surface area contributed by atoms with Crippen molar-refractivity contribution in [1.29, 1.82) is 0 Å². The SMILES string of the molecule is Cc1nc(COC(=O)NC(C)(C)C)cc2ccccc12.